The third-order valence-corrected chi connectivity index (χ3v) is 1.63. The van der Waals surface area contributed by atoms with Crippen LogP contribution in [0.2, 0.25) is 0 Å². The number of hydrogen-bond acceptors (Lipinski definition) is 5. The normalized spacial score (nSPS) is 9.08. The summed E-state index contributed by atoms with van der Waals surface area (Å²) in [6.07, 6.45) is 0. The van der Waals surface area contributed by atoms with Gasteiger partial charge in [0.15, 0.2) is 0 Å². The molecular formula is C6H6NNaO3S. The van der Waals surface area contributed by atoms with Crippen LogP contribution in [0.15, 0.2) is 29.2 Å². The minimum absolute atomic E-state index is 0. The third-order valence-electron chi connectivity index (χ3n) is 1.04. The number of rotatable bonds is 3. The molecule has 2 N–H and O–H groups in total. The minimum Gasteiger partial charge on any atom is -0.691 e. The summed E-state index contributed by atoms with van der Waals surface area (Å²) in [5, 5.41) is 12.6. The Morgan fingerprint density at radius 1 is 1.25 bits per heavy atom. The minimum atomic E-state index is 0. The smallest absolute Gasteiger partial charge is 0.691 e. The molecule has 0 atom stereocenters. The van der Waals surface area contributed by atoms with Gasteiger partial charge in [-0.05, 0) is 24.3 Å². The van der Waals surface area contributed by atoms with Crippen molar-refractivity contribution in [3.8, 4) is 0 Å². The second-order valence-electron chi connectivity index (χ2n) is 1.79. The molecule has 0 heterocycles. The largest absolute Gasteiger partial charge is 1.00 e. The van der Waals surface area contributed by atoms with Gasteiger partial charge in [-0.2, -0.15) is 4.33 Å². The number of benzene rings is 1. The van der Waals surface area contributed by atoms with Crippen LogP contribution in [-0.2, 0) is 9.37 Å². The van der Waals surface area contributed by atoms with E-state index in [1.807, 2.05) is 0 Å². The molecule has 0 unspecified atom stereocenters. The van der Waals surface area contributed by atoms with Crippen molar-refractivity contribution in [3.05, 3.63) is 24.3 Å². The first kappa shape index (κ1) is 12.2. The van der Waals surface area contributed by atoms with Gasteiger partial charge in [0.25, 0.3) is 0 Å². The molecule has 0 bridgehead atoms. The van der Waals surface area contributed by atoms with Gasteiger partial charge in [-0.25, -0.2) is 0 Å². The first-order chi connectivity index (χ1) is 5.33. The molecule has 0 radical (unpaired) electrons. The number of anilines is 1. The maximum atomic E-state index is 9.40. The summed E-state index contributed by atoms with van der Waals surface area (Å²) in [7, 11) is 0. The molecule has 0 aromatic heterocycles. The van der Waals surface area contributed by atoms with Crippen molar-refractivity contribution in [1.29, 1.82) is 0 Å². The molecule has 0 aliphatic heterocycles. The number of nitrogens with two attached hydrogens (primary N) is 1. The first-order valence-electron chi connectivity index (χ1n) is 2.81. The molecule has 0 aliphatic carbocycles. The zero-order chi connectivity index (χ0) is 8.10. The average molecular weight is 195 g/mol. The van der Waals surface area contributed by atoms with E-state index in [0.717, 1.165) is 16.9 Å². The molecule has 6 heteroatoms. The van der Waals surface area contributed by atoms with Crippen molar-refractivity contribution in [1.82, 2.24) is 0 Å². The molecule has 0 saturated carbocycles. The van der Waals surface area contributed by atoms with Crippen molar-refractivity contribution in [2.24, 2.45) is 0 Å². The van der Waals surface area contributed by atoms with Crippen LogP contribution in [0, 0.1) is 0 Å². The fourth-order valence-electron chi connectivity index (χ4n) is 0.577. The molecule has 0 spiro atoms. The van der Waals surface area contributed by atoms with Gasteiger partial charge in [-0.3, -0.25) is 5.04 Å². The second kappa shape index (κ2) is 6.73. The summed E-state index contributed by atoms with van der Waals surface area (Å²) < 4.78 is 4.08. The van der Waals surface area contributed by atoms with Gasteiger partial charge >= 0.3 is 29.6 Å². The molecule has 0 aliphatic rings. The van der Waals surface area contributed by atoms with Crippen LogP contribution in [-0.4, -0.2) is 0 Å². The summed E-state index contributed by atoms with van der Waals surface area (Å²) in [5.41, 5.74) is 6.08. The summed E-state index contributed by atoms with van der Waals surface area (Å²) in [6.45, 7) is 0. The van der Waals surface area contributed by atoms with Crippen LogP contribution >= 0.6 is 12.0 Å². The van der Waals surface area contributed by atoms with Gasteiger partial charge in [0.2, 0.25) is 0 Å². The van der Waals surface area contributed by atoms with Crippen molar-refractivity contribution in [3.63, 3.8) is 0 Å². The average Bonchev–Trinajstić information content (AvgIpc) is 2.04. The Morgan fingerprint density at radius 3 is 2.33 bits per heavy atom. The summed E-state index contributed by atoms with van der Waals surface area (Å²) >= 11 is 0.839. The van der Waals surface area contributed by atoms with E-state index in [0.29, 0.717) is 5.69 Å². The molecule has 0 fully saturated rings. The van der Waals surface area contributed by atoms with Crippen LogP contribution in [0.1, 0.15) is 0 Å². The molecule has 0 saturated heterocycles. The summed E-state index contributed by atoms with van der Waals surface area (Å²) in [4.78, 5) is 0.759. The zero-order valence-electron chi connectivity index (χ0n) is 6.52. The van der Waals surface area contributed by atoms with Crippen LogP contribution in [0.5, 0.6) is 0 Å². The Labute approximate surface area is 96.4 Å². The van der Waals surface area contributed by atoms with Gasteiger partial charge < -0.3 is 11.0 Å². The van der Waals surface area contributed by atoms with E-state index in [-0.39, 0.29) is 29.6 Å². The van der Waals surface area contributed by atoms with Crippen molar-refractivity contribution in [2.75, 3.05) is 5.73 Å². The Morgan fingerprint density at radius 2 is 1.83 bits per heavy atom. The molecular weight excluding hydrogens is 189 g/mol. The Balaban J connectivity index is 0.00000121. The standard InChI is InChI=1S/C6H7NO3S.Na/c7-5-1-3-6(4-2-5)11-10-9-8;/h1-4,8H,7H2;/q;+1/p-1. The van der Waals surface area contributed by atoms with Crippen molar-refractivity contribution >= 4 is 17.7 Å². The maximum Gasteiger partial charge on any atom is 1.00 e. The quantitative estimate of drug-likeness (QED) is 0.190. The van der Waals surface area contributed by atoms with Gasteiger partial charge in [-0.1, -0.05) is 0 Å². The molecule has 1 rings (SSSR count). The van der Waals surface area contributed by atoms with E-state index >= 15 is 0 Å². The molecule has 12 heavy (non-hydrogen) atoms. The van der Waals surface area contributed by atoms with Crippen LogP contribution in [0.3, 0.4) is 0 Å². The van der Waals surface area contributed by atoms with Gasteiger partial charge in [0, 0.05) is 10.6 Å². The van der Waals surface area contributed by atoms with E-state index in [2.05, 4.69) is 9.37 Å². The summed E-state index contributed by atoms with van der Waals surface area (Å²) in [5.74, 6) is 0. The molecule has 0 amide bonds. The van der Waals surface area contributed by atoms with E-state index in [9.17, 15) is 5.26 Å². The van der Waals surface area contributed by atoms with E-state index in [1.165, 1.54) is 0 Å². The van der Waals surface area contributed by atoms with Gasteiger partial charge in [-0.15, -0.1) is 0 Å². The predicted molar refractivity (Wildman–Crippen MR) is 38.9 cm³/mol. The van der Waals surface area contributed by atoms with Crippen LogP contribution < -0.4 is 40.5 Å². The molecule has 1 aromatic rings. The van der Waals surface area contributed by atoms with Gasteiger partial charge in [0.05, 0.1) is 12.0 Å². The Kier molecular flexibility index (Phi) is 6.87. The topological polar surface area (TPSA) is 67.5 Å². The fraction of sp³-hybridized carbons (Fsp3) is 0. The van der Waals surface area contributed by atoms with Crippen molar-refractivity contribution < 1.29 is 44.2 Å². The number of nitrogen functional groups attached to an aromatic ring is 1. The van der Waals surface area contributed by atoms with Crippen LogP contribution in [0.4, 0.5) is 5.69 Å². The van der Waals surface area contributed by atoms with E-state index in [4.69, 9.17) is 5.73 Å². The van der Waals surface area contributed by atoms with Gasteiger partial charge in [0.1, 0.15) is 0 Å². The van der Waals surface area contributed by atoms with Crippen LogP contribution in [0.25, 0.3) is 0 Å². The molecule has 4 nitrogen and oxygen atoms in total. The SMILES string of the molecule is Nc1ccc(SOO[O-])cc1.[Na+]. The summed E-state index contributed by atoms with van der Waals surface area (Å²) in [6, 6.07) is 6.85. The van der Waals surface area contributed by atoms with Crippen molar-refractivity contribution in [2.45, 2.75) is 4.90 Å². The third kappa shape index (κ3) is 4.32. The van der Waals surface area contributed by atoms with E-state index < -0.39 is 0 Å². The molecule has 60 valence electrons. The maximum absolute atomic E-state index is 9.40. The first-order valence-corrected chi connectivity index (χ1v) is 3.56. The Hall–Kier alpha value is 0.250. The number of hydrogen-bond donors (Lipinski definition) is 1. The fourth-order valence-corrected chi connectivity index (χ4v) is 0.930. The predicted octanol–water partition coefficient (Wildman–Crippen LogP) is -2.50. The zero-order valence-corrected chi connectivity index (χ0v) is 9.34. The van der Waals surface area contributed by atoms with E-state index in [1.54, 1.807) is 24.3 Å². The Bertz CT molecular complexity index is 219. The molecule has 1 aromatic carbocycles. The monoisotopic (exact) mass is 195 g/mol. The second-order valence-corrected chi connectivity index (χ2v) is 2.56.